The molecule has 2 nitrogen and oxygen atoms in total. The molecule has 0 spiro atoms. The average molecular weight is 267 g/mol. The summed E-state index contributed by atoms with van der Waals surface area (Å²) in [5.41, 5.74) is 4.04. The Bertz CT molecular complexity index is 575. The van der Waals surface area contributed by atoms with Gasteiger partial charge in [-0.05, 0) is 48.9 Å². The molecule has 1 saturated carbocycles. The summed E-state index contributed by atoms with van der Waals surface area (Å²) >= 11 is 0. The summed E-state index contributed by atoms with van der Waals surface area (Å²) in [5, 5.41) is 3.50. The van der Waals surface area contributed by atoms with E-state index < -0.39 is 0 Å². The predicted molar refractivity (Wildman–Crippen MR) is 83.4 cm³/mol. The number of rotatable bonds is 6. The maximum absolute atomic E-state index is 5.53. The van der Waals surface area contributed by atoms with Crippen LogP contribution in [0.1, 0.15) is 36.8 Å². The molecule has 0 amide bonds. The van der Waals surface area contributed by atoms with Crippen LogP contribution < -0.4 is 10.1 Å². The zero-order valence-corrected chi connectivity index (χ0v) is 11.9. The fourth-order valence-corrected chi connectivity index (χ4v) is 2.55. The van der Waals surface area contributed by atoms with E-state index in [1.807, 2.05) is 19.1 Å². The van der Waals surface area contributed by atoms with Crippen molar-refractivity contribution in [2.75, 3.05) is 11.9 Å². The number of ether oxygens (including phenoxy) is 1. The van der Waals surface area contributed by atoms with Crippen LogP contribution in [0, 0.1) is 0 Å². The molecule has 20 heavy (non-hydrogen) atoms. The Hall–Kier alpha value is -1.96. The Labute approximate surface area is 120 Å². The highest BCUT2D eigenvalue weighted by Gasteiger charge is 2.25. The van der Waals surface area contributed by atoms with Gasteiger partial charge in [-0.1, -0.05) is 30.3 Å². The Morgan fingerprint density at radius 1 is 1.10 bits per heavy atom. The molecule has 1 aliphatic rings. The first kappa shape index (κ1) is 13.0. The van der Waals surface area contributed by atoms with Gasteiger partial charge in [0.2, 0.25) is 0 Å². The summed E-state index contributed by atoms with van der Waals surface area (Å²) in [6, 6.07) is 16.9. The topological polar surface area (TPSA) is 21.3 Å². The lowest BCUT2D eigenvalue weighted by molar-refractivity contribution is 0.340. The average Bonchev–Trinajstić information content (AvgIpc) is 3.31. The molecule has 0 unspecified atom stereocenters. The maximum Gasteiger partial charge on any atom is 0.121 e. The molecule has 3 rings (SSSR count). The smallest absolute Gasteiger partial charge is 0.121 e. The minimum atomic E-state index is 0.702. The molecule has 2 aromatic carbocycles. The van der Waals surface area contributed by atoms with E-state index in [0.717, 1.165) is 23.9 Å². The van der Waals surface area contributed by atoms with Crippen molar-refractivity contribution in [2.45, 2.75) is 32.2 Å². The van der Waals surface area contributed by atoms with Crippen LogP contribution in [0.25, 0.3) is 0 Å². The fourth-order valence-electron chi connectivity index (χ4n) is 2.55. The molecule has 0 radical (unpaired) electrons. The van der Waals surface area contributed by atoms with Crippen LogP contribution in [0.2, 0.25) is 0 Å². The molecule has 0 atom stereocenters. The van der Waals surface area contributed by atoms with Gasteiger partial charge in [0.1, 0.15) is 5.75 Å². The summed E-state index contributed by atoms with van der Waals surface area (Å²) in [6.07, 6.45) is 2.69. The molecule has 2 aromatic rings. The molecule has 1 fully saturated rings. The van der Waals surface area contributed by atoms with Crippen LogP contribution in [0.5, 0.6) is 5.75 Å². The quantitative estimate of drug-likeness (QED) is 0.827. The lowest BCUT2D eigenvalue weighted by Gasteiger charge is -2.12. The molecular weight excluding hydrogens is 246 g/mol. The van der Waals surface area contributed by atoms with E-state index >= 15 is 0 Å². The third-order valence-electron chi connectivity index (χ3n) is 3.70. The molecule has 0 aromatic heterocycles. The van der Waals surface area contributed by atoms with Crippen molar-refractivity contribution in [3.05, 3.63) is 59.7 Å². The Morgan fingerprint density at radius 2 is 1.95 bits per heavy atom. The highest BCUT2D eigenvalue weighted by Crippen LogP contribution is 2.41. The summed E-state index contributed by atoms with van der Waals surface area (Å²) < 4.78 is 5.53. The molecule has 0 heterocycles. The van der Waals surface area contributed by atoms with Gasteiger partial charge in [0.05, 0.1) is 6.61 Å². The maximum atomic E-state index is 5.53. The van der Waals surface area contributed by atoms with Crippen LogP contribution in [0.3, 0.4) is 0 Å². The summed E-state index contributed by atoms with van der Waals surface area (Å²) in [7, 11) is 0. The number of nitrogens with one attached hydrogen (secondary N) is 1. The van der Waals surface area contributed by atoms with E-state index in [1.54, 1.807) is 0 Å². The third kappa shape index (κ3) is 3.13. The van der Waals surface area contributed by atoms with Crippen molar-refractivity contribution >= 4 is 5.69 Å². The second-order valence-corrected chi connectivity index (χ2v) is 5.29. The standard InChI is InChI=1S/C18H21NO/c1-2-20-17-8-5-7-16(12-17)19-13-15-6-3-4-9-18(15)14-10-11-14/h3-9,12,14,19H,2,10-11,13H2,1H3. The van der Waals surface area contributed by atoms with Crippen LogP contribution in [0.15, 0.2) is 48.5 Å². The van der Waals surface area contributed by atoms with Crippen molar-refractivity contribution < 1.29 is 4.74 Å². The monoisotopic (exact) mass is 267 g/mol. The van der Waals surface area contributed by atoms with E-state index in [1.165, 1.54) is 24.0 Å². The normalized spacial score (nSPS) is 14.1. The fraction of sp³-hybridized carbons (Fsp3) is 0.333. The van der Waals surface area contributed by atoms with Crippen molar-refractivity contribution in [3.63, 3.8) is 0 Å². The Morgan fingerprint density at radius 3 is 2.75 bits per heavy atom. The van der Waals surface area contributed by atoms with Crippen molar-refractivity contribution in [3.8, 4) is 5.75 Å². The molecule has 2 heteroatoms. The summed E-state index contributed by atoms with van der Waals surface area (Å²) in [4.78, 5) is 0. The predicted octanol–water partition coefficient (Wildman–Crippen LogP) is 4.57. The first-order valence-electron chi connectivity index (χ1n) is 7.41. The Kier molecular flexibility index (Phi) is 3.91. The molecule has 1 aliphatic carbocycles. The lowest BCUT2D eigenvalue weighted by Crippen LogP contribution is -2.02. The van der Waals surface area contributed by atoms with Gasteiger partial charge in [-0.3, -0.25) is 0 Å². The SMILES string of the molecule is CCOc1cccc(NCc2ccccc2C2CC2)c1. The zero-order valence-electron chi connectivity index (χ0n) is 11.9. The molecule has 0 aliphatic heterocycles. The minimum absolute atomic E-state index is 0.702. The van der Waals surface area contributed by atoms with Gasteiger partial charge in [0.25, 0.3) is 0 Å². The van der Waals surface area contributed by atoms with Crippen LogP contribution in [-0.2, 0) is 6.54 Å². The van der Waals surface area contributed by atoms with E-state index in [-0.39, 0.29) is 0 Å². The molecule has 0 bridgehead atoms. The summed E-state index contributed by atoms with van der Waals surface area (Å²) in [5.74, 6) is 1.72. The highest BCUT2D eigenvalue weighted by molar-refractivity contribution is 5.49. The number of hydrogen-bond donors (Lipinski definition) is 1. The first-order valence-corrected chi connectivity index (χ1v) is 7.41. The lowest BCUT2D eigenvalue weighted by atomic mass is 10.0. The Balaban J connectivity index is 1.68. The zero-order chi connectivity index (χ0) is 13.8. The van der Waals surface area contributed by atoms with Crippen LogP contribution in [0.4, 0.5) is 5.69 Å². The molecular formula is C18H21NO. The van der Waals surface area contributed by atoms with E-state index in [0.29, 0.717) is 6.61 Å². The number of benzene rings is 2. The molecule has 0 saturated heterocycles. The molecule has 104 valence electrons. The van der Waals surface area contributed by atoms with Crippen LogP contribution >= 0.6 is 0 Å². The van der Waals surface area contributed by atoms with Crippen molar-refractivity contribution in [2.24, 2.45) is 0 Å². The molecule has 1 N–H and O–H groups in total. The highest BCUT2D eigenvalue weighted by atomic mass is 16.5. The van der Waals surface area contributed by atoms with Gasteiger partial charge in [0.15, 0.2) is 0 Å². The van der Waals surface area contributed by atoms with E-state index in [2.05, 4.69) is 41.7 Å². The van der Waals surface area contributed by atoms with Crippen LogP contribution in [-0.4, -0.2) is 6.61 Å². The van der Waals surface area contributed by atoms with Gasteiger partial charge in [-0.25, -0.2) is 0 Å². The summed E-state index contributed by atoms with van der Waals surface area (Å²) in [6.45, 7) is 3.59. The van der Waals surface area contributed by atoms with Gasteiger partial charge >= 0.3 is 0 Å². The van der Waals surface area contributed by atoms with Crippen molar-refractivity contribution in [1.82, 2.24) is 0 Å². The number of anilines is 1. The largest absolute Gasteiger partial charge is 0.494 e. The van der Waals surface area contributed by atoms with Gasteiger partial charge in [-0.15, -0.1) is 0 Å². The van der Waals surface area contributed by atoms with Gasteiger partial charge in [-0.2, -0.15) is 0 Å². The van der Waals surface area contributed by atoms with E-state index in [9.17, 15) is 0 Å². The second kappa shape index (κ2) is 6.00. The first-order chi connectivity index (χ1) is 9.86. The van der Waals surface area contributed by atoms with Gasteiger partial charge in [0, 0.05) is 18.3 Å². The number of hydrogen-bond acceptors (Lipinski definition) is 2. The minimum Gasteiger partial charge on any atom is -0.494 e. The third-order valence-corrected chi connectivity index (χ3v) is 3.70. The van der Waals surface area contributed by atoms with E-state index in [4.69, 9.17) is 4.74 Å². The second-order valence-electron chi connectivity index (χ2n) is 5.29. The van der Waals surface area contributed by atoms with Gasteiger partial charge < -0.3 is 10.1 Å². The van der Waals surface area contributed by atoms with Crippen molar-refractivity contribution in [1.29, 1.82) is 0 Å².